The molecule has 0 bridgehead atoms. The molecule has 2 aromatic heterocycles. The summed E-state index contributed by atoms with van der Waals surface area (Å²) in [6, 6.07) is 12.2. The number of fused-ring (bicyclic) bond motifs is 2. The fourth-order valence-corrected chi connectivity index (χ4v) is 6.47. The third kappa shape index (κ3) is 5.19. The van der Waals surface area contributed by atoms with Crippen LogP contribution in [-0.2, 0) is 27.9 Å². The number of hydrogen-bond donors (Lipinski definition) is 3. The fraction of sp³-hybridized carbons (Fsp3) is 0.355. The van der Waals surface area contributed by atoms with Crippen LogP contribution in [0.1, 0.15) is 42.9 Å². The van der Waals surface area contributed by atoms with E-state index in [0.29, 0.717) is 41.7 Å². The van der Waals surface area contributed by atoms with E-state index in [4.69, 9.17) is 16.6 Å². The second-order valence-corrected chi connectivity index (χ2v) is 12.0. The molecule has 3 N–H and O–H groups in total. The van der Waals surface area contributed by atoms with Gasteiger partial charge in [-0.3, -0.25) is 24.4 Å². The highest BCUT2D eigenvalue weighted by atomic mass is 35.5. The molecule has 3 aliphatic heterocycles. The molecule has 0 unspecified atom stereocenters. The van der Waals surface area contributed by atoms with Crippen molar-refractivity contribution in [2.24, 2.45) is 7.05 Å². The van der Waals surface area contributed by atoms with Gasteiger partial charge in [0.25, 0.3) is 0 Å². The minimum Gasteiger partial charge on any atom is -0.382 e. The predicted molar refractivity (Wildman–Crippen MR) is 169 cm³/mol. The number of aromatic nitrogens is 4. The molecule has 4 aromatic rings. The maximum Gasteiger partial charge on any atom is 0.235 e. The normalized spacial score (nSPS) is 19.0. The zero-order valence-electron chi connectivity index (χ0n) is 24.4. The van der Waals surface area contributed by atoms with Gasteiger partial charge in [-0.1, -0.05) is 11.6 Å². The smallest absolute Gasteiger partial charge is 0.235 e. The number of piperidine rings is 2. The van der Waals surface area contributed by atoms with Crippen LogP contribution in [0.15, 0.2) is 42.6 Å². The van der Waals surface area contributed by atoms with Gasteiger partial charge < -0.3 is 20.4 Å². The molecule has 5 heterocycles. The zero-order valence-corrected chi connectivity index (χ0v) is 25.2. The number of likely N-dealkylation sites (N-methyl/N-ethyl adjacent to an activating group) is 1. The van der Waals surface area contributed by atoms with Crippen LogP contribution in [0.3, 0.4) is 0 Å². The molecule has 0 saturated carbocycles. The molecule has 2 aromatic carbocycles. The van der Waals surface area contributed by atoms with E-state index in [0.717, 1.165) is 59.5 Å². The molecule has 1 atom stereocenters. The number of rotatable bonds is 6. The van der Waals surface area contributed by atoms with Gasteiger partial charge in [0.1, 0.15) is 5.02 Å². The standard InChI is InChI=1S/C31H32ClN9O3/c1-39-24-7-4-19(13-17(24)14-27(39)43)35-29-23(32)16-33-31(37-29)41-11-9-18(10-12-41)34-20-3-5-21-25(15-20)40(2)38-28(21)22-6-8-26(42)36-30(22)44/h3-5,7,13,15-16,18,22,34H,6,8-12,14H2,1-2H3,(H,33,35,37)(H,36,42,44)/t22-/m0/s1. The Morgan fingerprint density at radius 3 is 2.59 bits per heavy atom. The molecule has 2 fully saturated rings. The number of halogens is 1. The van der Waals surface area contributed by atoms with Gasteiger partial charge in [0.15, 0.2) is 5.82 Å². The molecule has 0 radical (unpaired) electrons. The van der Waals surface area contributed by atoms with E-state index in [2.05, 4.69) is 37.0 Å². The Hall–Kier alpha value is -4.71. The number of aryl methyl sites for hydroxylation is 1. The van der Waals surface area contributed by atoms with Gasteiger partial charge >= 0.3 is 0 Å². The van der Waals surface area contributed by atoms with Gasteiger partial charge in [0.05, 0.1) is 29.7 Å². The summed E-state index contributed by atoms with van der Waals surface area (Å²) in [5.41, 5.74) is 5.34. The van der Waals surface area contributed by atoms with Crippen LogP contribution >= 0.6 is 11.6 Å². The molecule has 0 aliphatic carbocycles. The predicted octanol–water partition coefficient (Wildman–Crippen LogP) is 3.88. The SMILES string of the molecule is CN1C(=O)Cc2cc(Nc3nc(N4CCC(Nc5ccc6c([C@@H]7CCC(=O)NC7=O)nn(C)c6c5)CC4)ncc3Cl)ccc21. The van der Waals surface area contributed by atoms with Crippen molar-refractivity contribution in [1.29, 1.82) is 0 Å². The van der Waals surface area contributed by atoms with Gasteiger partial charge in [-0.05, 0) is 61.2 Å². The highest BCUT2D eigenvalue weighted by molar-refractivity contribution is 6.32. The Labute approximate surface area is 258 Å². The Balaban J connectivity index is 0.999. The summed E-state index contributed by atoms with van der Waals surface area (Å²) >= 11 is 6.46. The van der Waals surface area contributed by atoms with Crippen LogP contribution in [-0.4, -0.2) is 63.6 Å². The lowest BCUT2D eigenvalue weighted by Gasteiger charge is -2.33. The third-order valence-electron chi connectivity index (χ3n) is 8.75. The third-order valence-corrected chi connectivity index (χ3v) is 9.03. The maximum absolute atomic E-state index is 12.5. The zero-order chi connectivity index (χ0) is 30.5. The van der Waals surface area contributed by atoms with Crippen molar-refractivity contribution in [3.63, 3.8) is 0 Å². The number of hydrogen-bond acceptors (Lipinski definition) is 9. The van der Waals surface area contributed by atoms with E-state index in [9.17, 15) is 14.4 Å². The van der Waals surface area contributed by atoms with Crippen molar-refractivity contribution in [3.05, 3.63) is 58.9 Å². The summed E-state index contributed by atoms with van der Waals surface area (Å²) < 4.78 is 1.80. The highest BCUT2D eigenvalue weighted by Crippen LogP contribution is 2.34. The van der Waals surface area contributed by atoms with Crippen molar-refractivity contribution in [3.8, 4) is 0 Å². The molecule has 12 nitrogen and oxygen atoms in total. The number of nitrogens with one attached hydrogen (secondary N) is 3. The van der Waals surface area contributed by atoms with Gasteiger partial charge in [-0.15, -0.1) is 0 Å². The summed E-state index contributed by atoms with van der Waals surface area (Å²) in [5.74, 6) is 0.281. The number of carbonyl (C=O) groups is 3. The van der Waals surface area contributed by atoms with Crippen molar-refractivity contribution in [1.82, 2.24) is 25.1 Å². The monoisotopic (exact) mass is 613 g/mol. The molecule has 0 spiro atoms. The minimum absolute atomic E-state index is 0.0776. The molecule has 13 heteroatoms. The van der Waals surface area contributed by atoms with Crippen molar-refractivity contribution >= 4 is 69.1 Å². The van der Waals surface area contributed by atoms with E-state index >= 15 is 0 Å². The first-order valence-electron chi connectivity index (χ1n) is 14.7. The van der Waals surface area contributed by atoms with Crippen LogP contribution in [0.25, 0.3) is 10.9 Å². The lowest BCUT2D eigenvalue weighted by atomic mass is 9.93. The Morgan fingerprint density at radius 2 is 1.80 bits per heavy atom. The van der Waals surface area contributed by atoms with Crippen LogP contribution in [0.4, 0.5) is 28.8 Å². The summed E-state index contributed by atoms with van der Waals surface area (Å²) in [6.07, 6.45) is 4.58. The summed E-state index contributed by atoms with van der Waals surface area (Å²) in [5, 5.41) is 15.4. The Bertz CT molecular complexity index is 1810. The molecule has 7 rings (SSSR count). The number of amides is 3. The van der Waals surface area contributed by atoms with E-state index < -0.39 is 5.92 Å². The number of anilines is 5. The number of benzene rings is 2. The lowest BCUT2D eigenvalue weighted by molar-refractivity contribution is -0.134. The number of imide groups is 1. The summed E-state index contributed by atoms with van der Waals surface area (Å²) in [7, 11) is 3.66. The fourth-order valence-electron chi connectivity index (χ4n) is 6.33. The Morgan fingerprint density at radius 1 is 1.00 bits per heavy atom. The van der Waals surface area contributed by atoms with Crippen LogP contribution < -0.4 is 25.8 Å². The summed E-state index contributed by atoms with van der Waals surface area (Å²) in [6.45, 7) is 1.55. The van der Waals surface area contributed by atoms with Crippen LogP contribution in [0.5, 0.6) is 0 Å². The molecule has 2 saturated heterocycles. The average molecular weight is 614 g/mol. The van der Waals surface area contributed by atoms with Crippen LogP contribution in [0, 0.1) is 0 Å². The second kappa shape index (κ2) is 11.1. The second-order valence-electron chi connectivity index (χ2n) is 11.6. The van der Waals surface area contributed by atoms with E-state index in [1.807, 2.05) is 37.4 Å². The Kier molecular flexibility index (Phi) is 7.08. The minimum atomic E-state index is -0.425. The maximum atomic E-state index is 12.5. The van der Waals surface area contributed by atoms with E-state index in [-0.39, 0.29) is 23.8 Å². The average Bonchev–Trinajstić information content (AvgIpc) is 3.48. The van der Waals surface area contributed by atoms with Gasteiger partial charge in [0.2, 0.25) is 23.7 Å². The van der Waals surface area contributed by atoms with Crippen molar-refractivity contribution < 1.29 is 14.4 Å². The first kappa shape index (κ1) is 28.1. The first-order chi connectivity index (χ1) is 21.2. The largest absolute Gasteiger partial charge is 0.382 e. The number of nitrogens with zero attached hydrogens (tertiary/aromatic N) is 6. The lowest BCUT2D eigenvalue weighted by Crippen LogP contribution is -2.40. The van der Waals surface area contributed by atoms with Gasteiger partial charge in [-0.25, -0.2) is 4.98 Å². The summed E-state index contributed by atoms with van der Waals surface area (Å²) in [4.78, 5) is 49.2. The van der Waals surface area contributed by atoms with Gasteiger partial charge in [-0.2, -0.15) is 10.1 Å². The highest BCUT2D eigenvalue weighted by Gasteiger charge is 2.32. The van der Waals surface area contributed by atoms with E-state index in [1.165, 1.54) is 0 Å². The topological polar surface area (TPSA) is 137 Å². The van der Waals surface area contributed by atoms with Gasteiger partial charge in [0, 0.05) is 62.1 Å². The number of carbonyl (C=O) groups excluding carboxylic acids is 3. The van der Waals surface area contributed by atoms with E-state index in [1.54, 1.807) is 22.8 Å². The molecule has 44 heavy (non-hydrogen) atoms. The molecule has 3 aliphatic rings. The molecule has 3 amide bonds. The van der Waals surface area contributed by atoms with Crippen LogP contribution in [0.2, 0.25) is 5.02 Å². The molecular weight excluding hydrogens is 582 g/mol. The first-order valence-corrected chi connectivity index (χ1v) is 15.1. The molecule has 226 valence electrons. The molecular formula is C31H32ClN9O3. The quantitative estimate of drug-likeness (QED) is 0.277. The van der Waals surface area contributed by atoms with Crippen molar-refractivity contribution in [2.75, 3.05) is 40.6 Å². The van der Waals surface area contributed by atoms with Crippen molar-refractivity contribution in [2.45, 2.75) is 44.1 Å².